The first kappa shape index (κ1) is 17.2. The molecule has 0 aliphatic heterocycles. The van der Waals surface area contributed by atoms with Crippen molar-refractivity contribution >= 4 is 17.5 Å². The Balaban J connectivity index is 1.82. The minimum Gasteiger partial charge on any atom is -0.352 e. The first-order valence-electron chi connectivity index (χ1n) is 7.65. The molecule has 2 rings (SSSR count). The Hall–Kier alpha value is -3.13. The van der Waals surface area contributed by atoms with Crippen LogP contribution in [0.3, 0.4) is 0 Å². The van der Waals surface area contributed by atoms with Gasteiger partial charge in [-0.1, -0.05) is 42.0 Å². The highest BCUT2D eigenvalue weighted by molar-refractivity contribution is 5.92. The number of nitrogens with zero attached hydrogens (tertiary/aromatic N) is 1. The topological polar surface area (TPSA) is 82.0 Å². The second kappa shape index (κ2) is 8.49. The summed E-state index contributed by atoms with van der Waals surface area (Å²) in [5.41, 5.74) is 3.69. The third kappa shape index (κ3) is 5.58. The van der Waals surface area contributed by atoms with E-state index in [1.165, 1.54) is 0 Å². The van der Waals surface area contributed by atoms with Gasteiger partial charge in [0.1, 0.15) is 6.42 Å². The number of carbonyl (C=O) groups is 2. The normalized spacial score (nSPS) is 9.83. The molecule has 2 amide bonds. The molecule has 0 unspecified atom stereocenters. The Morgan fingerprint density at radius 3 is 2.46 bits per heavy atom. The van der Waals surface area contributed by atoms with Crippen molar-refractivity contribution in [2.24, 2.45) is 0 Å². The van der Waals surface area contributed by atoms with Gasteiger partial charge in [-0.05, 0) is 30.2 Å². The number of carbonyl (C=O) groups excluding carboxylic acids is 2. The number of nitrogens with one attached hydrogen (secondary N) is 2. The average Bonchev–Trinajstić information content (AvgIpc) is 2.54. The van der Waals surface area contributed by atoms with E-state index in [1.54, 1.807) is 18.2 Å². The van der Waals surface area contributed by atoms with Crippen molar-refractivity contribution in [3.05, 3.63) is 65.2 Å². The van der Waals surface area contributed by atoms with Crippen LogP contribution < -0.4 is 10.6 Å². The number of hydrogen-bond acceptors (Lipinski definition) is 3. The van der Waals surface area contributed by atoms with Crippen LogP contribution in [0.1, 0.15) is 23.1 Å². The van der Waals surface area contributed by atoms with Crippen LogP contribution in [-0.4, -0.2) is 11.8 Å². The molecule has 0 heterocycles. The summed E-state index contributed by atoms with van der Waals surface area (Å²) in [4.78, 5) is 23.3. The summed E-state index contributed by atoms with van der Waals surface area (Å²) >= 11 is 0. The van der Waals surface area contributed by atoms with Crippen molar-refractivity contribution in [3.8, 4) is 6.07 Å². The van der Waals surface area contributed by atoms with Gasteiger partial charge >= 0.3 is 0 Å². The molecule has 2 N–H and O–H groups in total. The van der Waals surface area contributed by atoms with Gasteiger partial charge in [0.2, 0.25) is 11.8 Å². The number of benzene rings is 2. The largest absolute Gasteiger partial charge is 0.352 e. The van der Waals surface area contributed by atoms with E-state index in [-0.39, 0.29) is 18.2 Å². The monoisotopic (exact) mass is 321 g/mol. The van der Waals surface area contributed by atoms with Gasteiger partial charge in [0.15, 0.2) is 0 Å². The third-order valence-corrected chi connectivity index (χ3v) is 3.41. The molecule has 5 nitrogen and oxygen atoms in total. The van der Waals surface area contributed by atoms with Crippen molar-refractivity contribution in [1.29, 1.82) is 5.26 Å². The lowest BCUT2D eigenvalue weighted by Crippen LogP contribution is -2.24. The number of anilines is 1. The van der Waals surface area contributed by atoms with E-state index >= 15 is 0 Å². The lowest BCUT2D eigenvalue weighted by molar-refractivity contribution is -0.120. The fraction of sp³-hybridized carbons (Fsp3) is 0.211. The number of aryl methyl sites for hydroxylation is 1. The molecule has 5 heteroatoms. The number of amides is 2. The quantitative estimate of drug-likeness (QED) is 0.858. The van der Waals surface area contributed by atoms with Gasteiger partial charge in [0.25, 0.3) is 0 Å². The van der Waals surface area contributed by atoms with Gasteiger partial charge in [-0.3, -0.25) is 9.59 Å². The second-order valence-electron chi connectivity index (χ2n) is 5.52. The second-order valence-corrected chi connectivity index (χ2v) is 5.52. The van der Waals surface area contributed by atoms with Crippen LogP contribution >= 0.6 is 0 Å². The van der Waals surface area contributed by atoms with Crippen LogP contribution in [0.25, 0.3) is 0 Å². The Morgan fingerprint density at radius 1 is 1.04 bits per heavy atom. The highest BCUT2D eigenvalue weighted by Crippen LogP contribution is 2.10. The van der Waals surface area contributed by atoms with Crippen molar-refractivity contribution in [2.45, 2.75) is 26.3 Å². The standard InChI is InChI=1S/C19H19N3O2/c1-14-3-2-4-16(11-14)12-19(24)21-13-15-5-7-17(8-6-15)22-18(23)9-10-20/h2-8,11H,9,12-13H2,1H3,(H,21,24)(H,22,23). The van der Waals surface area contributed by atoms with Crippen LogP contribution in [0.5, 0.6) is 0 Å². The molecule has 0 aromatic heterocycles. The Bertz CT molecular complexity index is 761. The van der Waals surface area contributed by atoms with Gasteiger partial charge < -0.3 is 10.6 Å². The van der Waals surface area contributed by atoms with Crippen molar-refractivity contribution in [2.75, 3.05) is 5.32 Å². The molecule has 0 aliphatic carbocycles. The maximum Gasteiger partial charge on any atom is 0.238 e. The van der Waals surface area contributed by atoms with E-state index in [9.17, 15) is 9.59 Å². The summed E-state index contributed by atoms with van der Waals surface area (Å²) in [7, 11) is 0. The minimum absolute atomic E-state index is 0.0352. The Labute approximate surface area is 141 Å². The van der Waals surface area contributed by atoms with E-state index in [4.69, 9.17) is 5.26 Å². The average molecular weight is 321 g/mol. The van der Waals surface area contributed by atoms with Crippen LogP contribution in [0.4, 0.5) is 5.69 Å². The molecule has 0 spiro atoms. The highest BCUT2D eigenvalue weighted by Gasteiger charge is 2.04. The first-order chi connectivity index (χ1) is 11.6. The molecular formula is C19H19N3O2. The maximum atomic E-state index is 12.0. The van der Waals surface area contributed by atoms with Gasteiger partial charge in [-0.15, -0.1) is 0 Å². The van der Waals surface area contributed by atoms with E-state index in [0.717, 1.165) is 16.7 Å². The molecule has 2 aromatic rings. The van der Waals surface area contributed by atoms with Gasteiger partial charge in [0, 0.05) is 12.2 Å². The molecule has 0 radical (unpaired) electrons. The fourth-order valence-corrected chi connectivity index (χ4v) is 2.25. The van der Waals surface area contributed by atoms with Crippen molar-refractivity contribution in [3.63, 3.8) is 0 Å². The van der Waals surface area contributed by atoms with E-state index < -0.39 is 0 Å². The minimum atomic E-state index is -0.336. The molecule has 24 heavy (non-hydrogen) atoms. The molecule has 0 saturated carbocycles. The predicted molar refractivity (Wildman–Crippen MR) is 92.0 cm³/mol. The Kier molecular flexibility index (Phi) is 6.09. The zero-order valence-corrected chi connectivity index (χ0v) is 13.5. The lowest BCUT2D eigenvalue weighted by Gasteiger charge is -2.08. The van der Waals surface area contributed by atoms with Crippen LogP contribution in [0, 0.1) is 18.3 Å². The van der Waals surface area contributed by atoms with Gasteiger partial charge in [-0.2, -0.15) is 5.26 Å². The van der Waals surface area contributed by atoms with E-state index in [0.29, 0.717) is 18.7 Å². The zero-order valence-electron chi connectivity index (χ0n) is 13.5. The van der Waals surface area contributed by atoms with Crippen LogP contribution in [-0.2, 0) is 22.6 Å². The molecular weight excluding hydrogens is 302 g/mol. The molecule has 0 bridgehead atoms. The van der Waals surface area contributed by atoms with Crippen LogP contribution in [0.2, 0.25) is 0 Å². The van der Waals surface area contributed by atoms with Crippen molar-refractivity contribution < 1.29 is 9.59 Å². The fourth-order valence-electron chi connectivity index (χ4n) is 2.25. The summed E-state index contributed by atoms with van der Waals surface area (Å²) in [6.45, 7) is 2.43. The smallest absolute Gasteiger partial charge is 0.238 e. The summed E-state index contributed by atoms with van der Waals surface area (Å²) in [5.74, 6) is -0.372. The first-order valence-corrected chi connectivity index (χ1v) is 7.65. The summed E-state index contributed by atoms with van der Waals surface area (Å²) in [6.07, 6.45) is 0.181. The molecule has 122 valence electrons. The van der Waals surface area contributed by atoms with Crippen molar-refractivity contribution in [1.82, 2.24) is 5.32 Å². The van der Waals surface area contributed by atoms with E-state index in [1.807, 2.05) is 43.3 Å². The zero-order chi connectivity index (χ0) is 17.4. The maximum absolute atomic E-state index is 12.0. The molecule has 2 aromatic carbocycles. The number of hydrogen-bond donors (Lipinski definition) is 2. The predicted octanol–water partition coefficient (Wildman–Crippen LogP) is 2.71. The van der Waals surface area contributed by atoms with Gasteiger partial charge in [0.05, 0.1) is 12.5 Å². The molecule has 0 saturated heterocycles. The summed E-state index contributed by atoms with van der Waals surface area (Å²) in [6, 6.07) is 16.8. The SMILES string of the molecule is Cc1cccc(CC(=O)NCc2ccc(NC(=O)CC#N)cc2)c1. The molecule has 0 aliphatic rings. The third-order valence-electron chi connectivity index (χ3n) is 3.41. The van der Waals surface area contributed by atoms with E-state index in [2.05, 4.69) is 10.6 Å². The number of rotatable bonds is 6. The summed E-state index contributed by atoms with van der Waals surface area (Å²) < 4.78 is 0. The molecule has 0 fully saturated rings. The summed E-state index contributed by atoms with van der Waals surface area (Å²) in [5, 5.41) is 14.0. The van der Waals surface area contributed by atoms with Gasteiger partial charge in [-0.25, -0.2) is 0 Å². The molecule has 0 atom stereocenters. The highest BCUT2D eigenvalue weighted by atomic mass is 16.2. The Morgan fingerprint density at radius 2 is 1.79 bits per heavy atom. The number of nitriles is 1. The van der Waals surface area contributed by atoms with Crippen LogP contribution in [0.15, 0.2) is 48.5 Å². The lowest BCUT2D eigenvalue weighted by atomic mass is 10.1.